The molecule has 6 heteroatoms. The Morgan fingerprint density at radius 3 is 2.60 bits per heavy atom. The molecular weight excluding hydrogens is 321 g/mol. The largest absolute Gasteiger partial charge is 0.341 e. The van der Waals surface area contributed by atoms with E-state index in [1.807, 2.05) is 0 Å². The molecule has 5 nitrogen and oxygen atoms in total. The molecular formula is C19H16FN3O2. The summed E-state index contributed by atoms with van der Waals surface area (Å²) in [6.45, 7) is 1.57. The Morgan fingerprint density at radius 2 is 1.84 bits per heavy atom. The van der Waals surface area contributed by atoms with Crippen molar-refractivity contribution >= 4 is 28.4 Å². The molecule has 126 valence electrons. The van der Waals surface area contributed by atoms with Gasteiger partial charge in [0.15, 0.2) is 0 Å². The lowest BCUT2D eigenvalue weighted by Gasteiger charge is -2.15. The van der Waals surface area contributed by atoms with E-state index in [0.717, 1.165) is 0 Å². The molecule has 2 N–H and O–H groups in total. The molecule has 0 fully saturated rings. The van der Waals surface area contributed by atoms with Crippen LogP contribution in [0.2, 0.25) is 0 Å². The highest BCUT2D eigenvalue weighted by Gasteiger charge is 2.18. The van der Waals surface area contributed by atoms with Crippen molar-refractivity contribution in [2.75, 3.05) is 5.32 Å². The summed E-state index contributed by atoms with van der Waals surface area (Å²) in [6.07, 6.45) is 1.55. The first-order chi connectivity index (χ1) is 12.0. The zero-order valence-corrected chi connectivity index (χ0v) is 13.5. The lowest BCUT2D eigenvalue weighted by Crippen LogP contribution is -2.41. The van der Waals surface area contributed by atoms with Crippen molar-refractivity contribution in [3.05, 3.63) is 72.2 Å². The molecule has 25 heavy (non-hydrogen) atoms. The summed E-state index contributed by atoms with van der Waals surface area (Å²) >= 11 is 0. The Kier molecular flexibility index (Phi) is 4.70. The number of carbonyl (C=O) groups is 2. The van der Waals surface area contributed by atoms with E-state index in [1.54, 1.807) is 55.6 Å². The number of nitrogens with zero attached hydrogens (tertiary/aromatic N) is 1. The molecule has 2 aromatic carbocycles. The fourth-order valence-corrected chi connectivity index (χ4v) is 2.43. The van der Waals surface area contributed by atoms with E-state index in [4.69, 9.17) is 0 Å². The third kappa shape index (κ3) is 3.80. The summed E-state index contributed by atoms with van der Waals surface area (Å²) < 4.78 is 13.7. The van der Waals surface area contributed by atoms with Gasteiger partial charge in [-0.1, -0.05) is 18.2 Å². The Hall–Kier alpha value is -3.28. The molecule has 0 aliphatic rings. The van der Waals surface area contributed by atoms with Crippen molar-refractivity contribution in [3.8, 4) is 0 Å². The topological polar surface area (TPSA) is 71.1 Å². The first-order valence-electron chi connectivity index (χ1n) is 7.75. The van der Waals surface area contributed by atoms with Crippen LogP contribution in [-0.2, 0) is 4.79 Å². The van der Waals surface area contributed by atoms with E-state index in [-0.39, 0.29) is 5.91 Å². The van der Waals surface area contributed by atoms with E-state index in [1.165, 1.54) is 12.1 Å². The maximum Gasteiger partial charge on any atom is 0.251 e. The summed E-state index contributed by atoms with van der Waals surface area (Å²) in [6, 6.07) is 13.8. The van der Waals surface area contributed by atoms with Gasteiger partial charge in [0.25, 0.3) is 5.91 Å². The number of benzene rings is 2. The maximum atomic E-state index is 13.7. The molecule has 0 aliphatic carbocycles. The van der Waals surface area contributed by atoms with E-state index in [0.29, 0.717) is 22.2 Å². The number of anilines is 1. The predicted octanol–water partition coefficient (Wildman–Crippen LogP) is 3.13. The normalized spacial score (nSPS) is 11.8. The first-order valence-corrected chi connectivity index (χ1v) is 7.75. The van der Waals surface area contributed by atoms with Crippen LogP contribution in [0.5, 0.6) is 0 Å². The molecule has 0 radical (unpaired) electrons. The van der Waals surface area contributed by atoms with Crippen LogP contribution in [0.1, 0.15) is 17.3 Å². The van der Waals surface area contributed by atoms with Gasteiger partial charge in [0.1, 0.15) is 11.9 Å². The third-order valence-corrected chi connectivity index (χ3v) is 3.72. The second kappa shape index (κ2) is 7.09. The lowest BCUT2D eigenvalue weighted by atomic mass is 10.1. The summed E-state index contributed by atoms with van der Waals surface area (Å²) in [5, 5.41) is 5.89. The van der Waals surface area contributed by atoms with Crippen molar-refractivity contribution in [1.82, 2.24) is 10.3 Å². The average molecular weight is 337 g/mol. The van der Waals surface area contributed by atoms with Gasteiger partial charge in [0.2, 0.25) is 5.91 Å². The van der Waals surface area contributed by atoms with Crippen LogP contribution >= 0.6 is 0 Å². The van der Waals surface area contributed by atoms with Gasteiger partial charge in [0, 0.05) is 23.2 Å². The molecule has 1 unspecified atom stereocenters. The Morgan fingerprint density at radius 1 is 1.08 bits per heavy atom. The highest BCUT2D eigenvalue weighted by Crippen LogP contribution is 2.23. The quantitative estimate of drug-likeness (QED) is 0.768. The van der Waals surface area contributed by atoms with Crippen LogP contribution in [-0.4, -0.2) is 22.8 Å². The zero-order valence-electron chi connectivity index (χ0n) is 13.5. The smallest absolute Gasteiger partial charge is 0.251 e. The number of halogens is 1. The monoisotopic (exact) mass is 337 g/mol. The molecule has 1 heterocycles. The highest BCUT2D eigenvalue weighted by molar-refractivity contribution is 6.05. The first kappa shape index (κ1) is 16.6. The number of nitrogens with one attached hydrogen (secondary N) is 2. The Bertz CT molecular complexity index is 928. The fourth-order valence-electron chi connectivity index (χ4n) is 2.43. The third-order valence-electron chi connectivity index (χ3n) is 3.72. The van der Waals surface area contributed by atoms with Gasteiger partial charge in [-0.3, -0.25) is 14.6 Å². The molecule has 3 rings (SSSR count). The van der Waals surface area contributed by atoms with Crippen molar-refractivity contribution in [3.63, 3.8) is 0 Å². The minimum Gasteiger partial charge on any atom is -0.341 e. The molecule has 0 saturated heterocycles. The molecule has 0 spiro atoms. The minimum atomic E-state index is -0.789. The number of amides is 2. The van der Waals surface area contributed by atoms with Crippen LogP contribution in [0.3, 0.4) is 0 Å². The number of hydrogen-bond donors (Lipinski definition) is 2. The van der Waals surface area contributed by atoms with Crippen LogP contribution < -0.4 is 10.6 Å². The molecule has 1 aromatic heterocycles. The standard InChI is InChI=1S/C19H16FN3O2/c1-12(22-19(25)13-6-3-2-4-7-13)18(24)23-17-11-14(20)10-16-15(17)8-5-9-21-16/h2-12H,1H3,(H,22,25)(H,23,24). The number of rotatable bonds is 4. The molecule has 0 aliphatic heterocycles. The lowest BCUT2D eigenvalue weighted by molar-refractivity contribution is -0.117. The number of carbonyl (C=O) groups excluding carboxylic acids is 2. The Balaban J connectivity index is 1.75. The molecule has 1 atom stereocenters. The summed E-state index contributed by atoms with van der Waals surface area (Å²) in [5.41, 5.74) is 1.22. The van der Waals surface area contributed by atoms with Crippen LogP contribution in [0, 0.1) is 5.82 Å². The molecule has 3 aromatic rings. The summed E-state index contributed by atoms with van der Waals surface area (Å²) in [4.78, 5) is 28.6. The SMILES string of the molecule is CC(NC(=O)c1ccccc1)C(=O)Nc1cc(F)cc2ncccc12. The van der Waals surface area contributed by atoms with Gasteiger partial charge in [-0.2, -0.15) is 0 Å². The Labute approximate surface area is 143 Å². The number of hydrogen-bond acceptors (Lipinski definition) is 3. The van der Waals surface area contributed by atoms with Crippen LogP contribution in [0.15, 0.2) is 60.8 Å². The van der Waals surface area contributed by atoms with Crippen LogP contribution in [0.4, 0.5) is 10.1 Å². The van der Waals surface area contributed by atoms with Gasteiger partial charge >= 0.3 is 0 Å². The van der Waals surface area contributed by atoms with E-state index in [9.17, 15) is 14.0 Å². The fraction of sp³-hybridized carbons (Fsp3) is 0.105. The average Bonchev–Trinajstić information content (AvgIpc) is 2.62. The van der Waals surface area contributed by atoms with E-state index >= 15 is 0 Å². The maximum absolute atomic E-state index is 13.7. The van der Waals surface area contributed by atoms with Crippen LogP contribution in [0.25, 0.3) is 10.9 Å². The number of aromatic nitrogens is 1. The second-order valence-corrected chi connectivity index (χ2v) is 5.57. The van der Waals surface area contributed by atoms with Gasteiger partial charge in [-0.25, -0.2) is 4.39 Å². The van der Waals surface area contributed by atoms with Crippen molar-refractivity contribution in [2.24, 2.45) is 0 Å². The van der Waals surface area contributed by atoms with Gasteiger partial charge in [0.05, 0.1) is 11.2 Å². The van der Waals surface area contributed by atoms with Gasteiger partial charge in [-0.05, 0) is 37.3 Å². The zero-order chi connectivity index (χ0) is 17.8. The predicted molar refractivity (Wildman–Crippen MR) is 93.7 cm³/mol. The van der Waals surface area contributed by atoms with E-state index in [2.05, 4.69) is 15.6 Å². The van der Waals surface area contributed by atoms with Crippen molar-refractivity contribution in [2.45, 2.75) is 13.0 Å². The van der Waals surface area contributed by atoms with E-state index < -0.39 is 17.8 Å². The summed E-state index contributed by atoms with van der Waals surface area (Å²) in [5.74, 6) is -1.29. The highest BCUT2D eigenvalue weighted by atomic mass is 19.1. The molecule has 0 bridgehead atoms. The van der Waals surface area contributed by atoms with Crippen molar-refractivity contribution in [1.29, 1.82) is 0 Å². The molecule has 2 amide bonds. The second-order valence-electron chi connectivity index (χ2n) is 5.57. The summed E-state index contributed by atoms with van der Waals surface area (Å²) in [7, 11) is 0. The molecule has 0 saturated carbocycles. The van der Waals surface area contributed by atoms with Gasteiger partial charge < -0.3 is 10.6 Å². The number of fused-ring (bicyclic) bond motifs is 1. The van der Waals surface area contributed by atoms with Crippen molar-refractivity contribution < 1.29 is 14.0 Å². The number of pyridine rings is 1. The minimum absolute atomic E-state index is 0.314. The van der Waals surface area contributed by atoms with Gasteiger partial charge in [-0.15, -0.1) is 0 Å².